The van der Waals surface area contributed by atoms with E-state index in [1.165, 1.54) is 18.4 Å². The molecule has 108 valence electrons. The highest BCUT2D eigenvalue weighted by Crippen LogP contribution is 2.23. The molecule has 1 saturated heterocycles. The Morgan fingerprint density at radius 3 is 3.00 bits per heavy atom. The summed E-state index contributed by atoms with van der Waals surface area (Å²) in [6, 6.07) is 8.81. The van der Waals surface area contributed by atoms with E-state index in [2.05, 4.69) is 29.3 Å². The monoisotopic (exact) mass is 273 g/mol. The third kappa shape index (κ3) is 3.72. The lowest BCUT2D eigenvalue weighted by Crippen LogP contribution is -2.39. The van der Waals surface area contributed by atoms with Crippen molar-refractivity contribution >= 4 is 5.69 Å². The van der Waals surface area contributed by atoms with Crippen LogP contribution in [0.15, 0.2) is 18.2 Å². The lowest BCUT2D eigenvalue weighted by molar-refractivity contribution is 0.204. The Morgan fingerprint density at radius 1 is 1.50 bits per heavy atom. The first-order valence-corrected chi connectivity index (χ1v) is 7.22. The van der Waals surface area contributed by atoms with Crippen molar-refractivity contribution < 1.29 is 4.74 Å². The first-order valence-electron chi connectivity index (χ1n) is 7.22. The Kier molecular flexibility index (Phi) is 5.40. The van der Waals surface area contributed by atoms with Crippen molar-refractivity contribution in [1.29, 1.82) is 5.26 Å². The van der Waals surface area contributed by atoms with Crippen LogP contribution in [0.4, 0.5) is 5.69 Å². The molecule has 4 heteroatoms. The number of nitriles is 1. The van der Waals surface area contributed by atoms with Gasteiger partial charge in [0.25, 0.3) is 0 Å². The van der Waals surface area contributed by atoms with Gasteiger partial charge in [-0.3, -0.25) is 0 Å². The van der Waals surface area contributed by atoms with E-state index in [9.17, 15) is 5.26 Å². The summed E-state index contributed by atoms with van der Waals surface area (Å²) in [6.45, 7) is 5.58. The van der Waals surface area contributed by atoms with Crippen molar-refractivity contribution in [2.75, 3.05) is 38.3 Å². The maximum atomic E-state index is 9.32. The van der Waals surface area contributed by atoms with E-state index in [-0.39, 0.29) is 0 Å². The average molecular weight is 273 g/mol. The Bertz CT molecular complexity index is 475. The summed E-state index contributed by atoms with van der Waals surface area (Å²) in [5.74, 6) is 0. The summed E-state index contributed by atoms with van der Waals surface area (Å²) in [5.41, 5.74) is 2.95. The van der Waals surface area contributed by atoms with Crippen molar-refractivity contribution in [2.45, 2.75) is 25.8 Å². The van der Waals surface area contributed by atoms with Gasteiger partial charge in [0.05, 0.1) is 17.9 Å². The maximum absolute atomic E-state index is 9.32. The summed E-state index contributed by atoms with van der Waals surface area (Å²) in [5, 5.41) is 12.8. The Balaban J connectivity index is 2.20. The summed E-state index contributed by atoms with van der Waals surface area (Å²) in [7, 11) is 1.72. The summed E-state index contributed by atoms with van der Waals surface area (Å²) in [4.78, 5) is 2.28. The zero-order chi connectivity index (χ0) is 14.4. The van der Waals surface area contributed by atoms with Crippen LogP contribution >= 0.6 is 0 Å². The van der Waals surface area contributed by atoms with Crippen LogP contribution in [0.3, 0.4) is 0 Å². The predicted octanol–water partition coefficient (Wildman–Crippen LogP) is 2.07. The van der Waals surface area contributed by atoms with Crippen LogP contribution in [-0.4, -0.2) is 39.4 Å². The predicted molar refractivity (Wildman–Crippen MR) is 81.0 cm³/mol. The number of hydrogen-bond donors (Lipinski definition) is 1. The molecular formula is C16H23N3O. The standard InChI is InChI=1S/C16H23N3O/c1-13-5-6-14(11-17)16(10-13)19(8-9-20-2)12-15-4-3-7-18-15/h5-6,10,15,18H,3-4,7-9,12H2,1-2H3. The van der Waals surface area contributed by atoms with Crippen LogP contribution in [0.1, 0.15) is 24.0 Å². The molecule has 1 aromatic rings. The second-order valence-corrected chi connectivity index (χ2v) is 5.36. The zero-order valence-electron chi connectivity index (χ0n) is 12.4. The van der Waals surface area contributed by atoms with Crippen LogP contribution < -0.4 is 10.2 Å². The van der Waals surface area contributed by atoms with E-state index >= 15 is 0 Å². The third-order valence-corrected chi connectivity index (χ3v) is 3.78. The highest BCUT2D eigenvalue weighted by atomic mass is 16.5. The van der Waals surface area contributed by atoms with Gasteiger partial charge in [-0.2, -0.15) is 5.26 Å². The molecule has 2 rings (SSSR count). The zero-order valence-corrected chi connectivity index (χ0v) is 12.4. The number of methoxy groups -OCH3 is 1. The molecular weight excluding hydrogens is 250 g/mol. The number of benzene rings is 1. The first kappa shape index (κ1) is 14.8. The van der Waals surface area contributed by atoms with Crippen molar-refractivity contribution in [3.05, 3.63) is 29.3 Å². The second kappa shape index (κ2) is 7.28. The number of hydrogen-bond acceptors (Lipinski definition) is 4. The van der Waals surface area contributed by atoms with Gasteiger partial charge in [-0.05, 0) is 44.0 Å². The van der Waals surface area contributed by atoms with Crippen molar-refractivity contribution in [3.63, 3.8) is 0 Å². The summed E-state index contributed by atoms with van der Waals surface area (Å²) in [6.07, 6.45) is 2.44. The fourth-order valence-corrected chi connectivity index (χ4v) is 2.69. The Labute approximate surface area is 121 Å². The van der Waals surface area contributed by atoms with Crippen LogP contribution in [-0.2, 0) is 4.74 Å². The van der Waals surface area contributed by atoms with Gasteiger partial charge in [-0.1, -0.05) is 6.07 Å². The Hall–Kier alpha value is -1.57. The van der Waals surface area contributed by atoms with E-state index in [4.69, 9.17) is 4.74 Å². The normalized spacial score (nSPS) is 17.9. The molecule has 0 aliphatic carbocycles. The molecule has 1 aromatic carbocycles. The molecule has 4 nitrogen and oxygen atoms in total. The van der Waals surface area contributed by atoms with Gasteiger partial charge < -0.3 is 15.0 Å². The lowest BCUT2D eigenvalue weighted by atomic mass is 10.1. The van der Waals surface area contributed by atoms with Gasteiger partial charge in [-0.15, -0.1) is 0 Å². The lowest BCUT2D eigenvalue weighted by Gasteiger charge is -2.28. The first-order chi connectivity index (χ1) is 9.74. The molecule has 1 atom stereocenters. The fourth-order valence-electron chi connectivity index (χ4n) is 2.69. The van der Waals surface area contributed by atoms with Gasteiger partial charge in [0.1, 0.15) is 6.07 Å². The van der Waals surface area contributed by atoms with E-state index in [0.29, 0.717) is 12.6 Å². The molecule has 1 aliphatic heterocycles. The van der Waals surface area contributed by atoms with Gasteiger partial charge in [0.2, 0.25) is 0 Å². The number of anilines is 1. The maximum Gasteiger partial charge on any atom is 0.101 e. The molecule has 0 amide bonds. The quantitative estimate of drug-likeness (QED) is 0.862. The minimum atomic E-state index is 0.513. The van der Waals surface area contributed by atoms with E-state index in [0.717, 1.165) is 30.9 Å². The van der Waals surface area contributed by atoms with E-state index < -0.39 is 0 Å². The van der Waals surface area contributed by atoms with Crippen LogP contribution in [0.5, 0.6) is 0 Å². The molecule has 0 spiro atoms. The molecule has 20 heavy (non-hydrogen) atoms. The number of nitrogens with zero attached hydrogens (tertiary/aromatic N) is 2. The molecule has 0 aromatic heterocycles. The van der Waals surface area contributed by atoms with Crippen LogP contribution in [0, 0.1) is 18.3 Å². The van der Waals surface area contributed by atoms with Crippen LogP contribution in [0.25, 0.3) is 0 Å². The van der Waals surface area contributed by atoms with Gasteiger partial charge in [0, 0.05) is 26.2 Å². The molecule has 1 N–H and O–H groups in total. The highest BCUT2D eigenvalue weighted by molar-refractivity contribution is 5.60. The molecule has 0 saturated carbocycles. The molecule has 0 bridgehead atoms. The SMILES string of the molecule is COCCN(CC1CCCN1)c1cc(C)ccc1C#N. The van der Waals surface area contributed by atoms with Gasteiger partial charge in [-0.25, -0.2) is 0 Å². The molecule has 1 aliphatic rings. The summed E-state index contributed by atoms with van der Waals surface area (Å²) >= 11 is 0. The number of nitrogens with one attached hydrogen (secondary N) is 1. The van der Waals surface area contributed by atoms with Gasteiger partial charge in [0.15, 0.2) is 0 Å². The van der Waals surface area contributed by atoms with E-state index in [1.54, 1.807) is 7.11 Å². The van der Waals surface area contributed by atoms with Crippen molar-refractivity contribution in [3.8, 4) is 6.07 Å². The third-order valence-electron chi connectivity index (χ3n) is 3.78. The smallest absolute Gasteiger partial charge is 0.101 e. The molecule has 1 fully saturated rings. The van der Waals surface area contributed by atoms with Crippen LogP contribution in [0.2, 0.25) is 0 Å². The van der Waals surface area contributed by atoms with Crippen molar-refractivity contribution in [2.24, 2.45) is 0 Å². The molecule has 1 unspecified atom stereocenters. The van der Waals surface area contributed by atoms with Crippen molar-refractivity contribution in [1.82, 2.24) is 5.32 Å². The number of ether oxygens (including phenoxy) is 1. The van der Waals surface area contributed by atoms with E-state index in [1.807, 2.05) is 12.1 Å². The van der Waals surface area contributed by atoms with Gasteiger partial charge >= 0.3 is 0 Å². The Morgan fingerprint density at radius 2 is 2.35 bits per heavy atom. The topological polar surface area (TPSA) is 48.3 Å². The fraction of sp³-hybridized carbons (Fsp3) is 0.562. The summed E-state index contributed by atoms with van der Waals surface area (Å²) < 4.78 is 5.22. The largest absolute Gasteiger partial charge is 0.383 e. The second-order valence-electron chi connectivity index (χ2n) is 5.36. The average Bonchev–Trinajstić information content (AvgIpc) is 2.96. The number of aryl methyl sites for hydroxylation is 1. The highest BCUT2D eigenvalue weighted by Gasteiger charge is 2.19. The molecule has 1 heterocycles. The minimum absolute atomic E-state index is 0.513. The minimum Gasteiger partial charge on any atom is -0.383 e. The molecule has 0 radical (unpaired) electrons. The number of rotatable bonds is 6.